The molecule has 0 aliphatic heterocycles. The van der Waals surface area contributed by atoms with E-state index in [1.54, 1.807) is 11.9 Å². The maximum atomic E-state index is 11.9. The van der Waals surface area contributed by atoms with Gasteiger partial charge in [0.05, 0.1) is 6.54 Å². The predicted octanol–water partition coefficient (Wildman–Crippen LogP) is 1.12. The van der Waals surface area contributed by atoms with E-state index in [4.69, 9.17) is 0 Å². The van der Waals surface area contributed by atoms with Crippen LogP contribution in [-0.2, 0) is 11.3 Å². The zero-order valence-corrected chi connectivity index (χ0v) is 9.39. The maximum Gasteiger partial charge on any atom is 0.223 e. The monoisotopic (exact) mass is 220 g/mol. The van der Waals surface area contributed by atoms with Crippen molar-refractivity contribution in [2.75, 3.05) is 7.05 Å². The van der Waals surface area contributed by atoms with Crippen molar-refractivity contribution in [2.45, 2.75) is 25.8 Å². The Balaban J connectivity index is 1.82. The lowest BCUT2D eigenvalue weighted by molar-refractivity contribution is -0.131. The number of amides is 1. The van der Waals surface area contributed by atoms with E-state index in [-0.39, 0.29) is 5.91 Å². The molecule has 16 heavy (non-hydrogen) atoms. The quantitative estimate of drug-likeness (QED) is 0.773. The fraction of sp³-hybridized carbons (Fsp3) is 0.545. The minimum Gasteiger partial charge on any atom is -0.338 e. The summed E-state index contributed by atoms with van der Waals surface area (Å²) in [7, 11) is 1.80. The summed E-state index contributed by atoms with van der Waals surface area (Å²) in [6.07, 6.45) is 8.54. The van der Waals surface area contributed by atoms with Crippen LogP contribution in [0.1, 0.15) is 25.1 Å². The zero-order chi connectivity index (χ0) is 11.4. The summed E-state index contributed by atoms with van der Waals surface area (Å²) in [4.78, 5) is 17.5. The molecule has 1 atom stereocenters. The van der Waals surface area contributed by atoms with E-state index in [1.165, 1.54) is 6.33 Å². The lowest BCUT2D eigenvalue weighted by Crippen LogP contribution is -2.27. The highest BCUT2D eigenvalue weighted by Gasteiger charge is 2.17. The van der Waals surface area contributed by atoms with Crippen LogP contribution in [0.15, 0.2) is 18.5 Å². The Kier molecular flexibility index (Phi) is 3.34. The summed E-state index contributed by atoms with van der Waals surface area (Å²) in [6, 6.07) is 0. The van der Waals surface area contributed by atoms with Gasteiger partial charge in [-0.25, -0.2) is 4.98 Å². The molecule has 5 nitrogen and oxygen atoms in total. The van der Waals surface area contributed by atoms with Gasteiger partial charge in [-0.15, -0.1) is 0 Å². The van der Waals surface area contributed by atoms with Crippen molar-refractivity contribution in [3.8, 4) is 0 Å². The SMILES string of the molecule is CN(Cc1ncn[nH]1)C(=O)C[C@H]1C=CCC1. The molecule has 1 aliphatic rings. The van der Waals surface area contributed by atoms with E-state index >= 15 is 0 Å². The van der Waals surface area contributed by atoms with Gasteiger partial charge >= 0.3 is 0 Å². The van der Waals surface area contributed by atoms with Gasteiger partial charge in [0.2, 0.25) is 5.91 Å². The van der Waals surface area contributed by atoms with Gasteiger partial charge in [0.25, 0.3) is 0 Å². The van der Waals surface area contributed by atoms with Crippen LogP contribution in [0, 0.1) is 5.92 Å². The third-order valence-corrected chi connectivity index (χ3v) is 2.83. The number of carbonyl (C=O) groups excluding carboxylic acids is 1. The van der Waals surface area contributed by atoms with Gasteiger partial charge in [-0.1, -0.05) is 12.2 Å². The first kappa shape index (κ1) is 10.9. The first-order valence-electron chi connectivity index (χ1n) is 5.50. The largest absolute Gasteiger partial charge is 0.338 e. The zero-order valence-electron chi connectivity index (χ0n) is 9.39. The number of nitrogens with zero attached hydrogens (tertiary/aromatic N) is 3. The highest BCUT2D eigenvalue weighted by Crippen LogP contribution is 2.21. The predicted molar refractivity (Wildman–Crippen MR) is 59.3 cm³/mol. The van der Waals surface area contributed by atoms with Gasteiger partial charge in [-0.05, 0) is 18.8 Å². The summed E-state index contributed by atoms with van der Waals surface area (Å²) in [6.45, 7) is 0.495. The van der Waals surface area contributed by atoms with Crippen molar-refractivity contribution >= 4 is 5.91 Å². The molecule has 0 fully saturated rings. The molecule has 0 saturated heterocycles. The van der Waals surface area contributed by atoms with Gasteiger partial charge in [-0.3, -0.25) is 9.89 Å². The number of hydrogen-bond donors (Lipinski definition) is 1. The van der Waals surface area contributed by atoms with Crippen LogP contribution in [0.2, 0.25) is 0 Å². The molecule has 1 aromatic rings. The maximum absolute atomic E-state index is 11.9. The normalized spacial score (nSPS) is 18.9. The Hall–Kier alpha value is -1.65. The summed E-state index contributed by atoms with van der Waals surface area (Å²) >= 11 is 0. The highest BCUT2D eigenvalue weighted by atomic mass is 16.2. The average Bonchev–Trinajstić information content (AvgIpc) is 2.90. The molecule has 0 saturated carbocycles. The summed E-state index contributed by atoms with van der Waals surface area (Å²) < 4.78 is 0. The fourth-order valence-electron chi connectivity index (χ4n) is 1.87. The number of hydrogen-bond acceptors (Lipinski definition) is 3. The molecular formula is C11H16N4O. The Bertz CT molecular complexity index is 371. The number of aromatic nitrogens is 3. The van der Waals surface area contributed by atoms with Crippen molar-refractivity contribution in [3.63, 3.8) is 0 Å². The lowest BCUT2D eigenvalue weighted by atomic mass is 10.0. The van der Waals surface area contributed by atoms with E-state index in [1.807, 2.05) is 0 Å². The number of carbonyl (C=O) groups is 1. The molecule has 1 aliphatic carbocycles. The average molecular weight is 220 g/mol. The standard InChI is InChI=1S/C11H16N4O/c1-15(7-10-12-8-13-14-10)11(16)6-9-4-2-3-5-9/h2,4,8-9H,3,5-7H2,1H3,(H,12,13,14)/t9-/m0/s1. The van der Waals surface area contributed by atoms with E-state index in [2.05, 4.69) is 27.3 Å². The summed E-state index contributed by atoms with van der Waals surface area (Å²) in [5.41, 5.74) is 0. The van der Waals surface area contributed by atoms with Crippen LogP contribution < -0.4 is 0 Å². The van der Waals surface area contributed by atoms with E-state index in [9.17, 15) is 4.79 Å². The summed E-state index contributed by atoms with van der Waals surface area (Å²) in [5, 5.41) is 6.50. The summed E-state index contributed by atoms with van der Waals surface area (Å²) in [5.74, 6) is 1.30. The Morgan fingerprint density at radius 1 is 1.69 bits per heavy atom. The molecule has 1 heterocycles. The van der Waals surface area contributed by atoms with Crippen LogP contribution in [0.4, 0.5) is 0 Å². The first-order valence-corrected chi connectivity index (χ1v) is 5.50. The van der Waals surface area contributed by atoms with Gasteiger partial charge in [0.15, 0.2) is 0 Å². The Morgan fingerprint density at radius 3 is 3.19 bits per heavy atom. The highest BCUT2D eigenvalue weighted by molar-refractivity contribution is 5.76. The molecule has 1 aromatic heterocycles. The van der Waals surface area contributed by atoms with Gasteiger partial charge in [0.1, 0.15) is 12.2 Å². The van der Waals surface area contributed by atoms with Crippen molar-refractivity contribution in [1.29, 1.82) is 0 Å². The van der Waals surface area contributed by atoms with Crippen molar-refractivity contribution in [2.24, 2.45) is 5.92 Å². The first-order chi connectivity index (χ1) is 7.75. The molecule has 0 aromatic carbocycles. The number of rotatable bonds is 4. The van der Waals surface area contributed by atoms with Gasteiger partial charge < -0.3 is 4.90 Å². The van der Waals surface area contributed by atoms with Crippen LogP contribution in [0.3, 0.4) is 0 Å². The minimum absolute atomic E-state index is 0.160. The lowest BCUT2D eigenvalue weighted by Gasteiger charge is -2.17. The van der Waals surface area contributed by atoms with E-state index < -0.39 is 0 Å². The van der Waals surface area contributed by atoms with E-state index in [0.717, 1.165) is 18.7 Å². The van der Waals surface area contributed by atoms with Gasteiger partial charge in [0, 0.05) is 13.5 Å². The number of aromatic amines is 1. The van der Waals surface area contributed by atoms with Crippen LogP contribution in [-0.4, -0.2) is 33.0 Å². The molecule has 0 radical (unpaired) electrons. The van der Waals surface area contributed by atoms with Gasteiger partial charge in [-0.2, -0.15) is 5.10 Å². The molecule has 2 rings (SSSR count). The van der Waals surface area contributed by atoms with Crippen molar-refractivity contribution in [1.82, 2.24) is 20.1 Å². The second-order valence-electron chi connectivity index (χ2n) is 4.15. The molecular weight excluding hydrogens is 204 g/mol. The van der Waals surface area contributed by atoms with E-state index in [0.29, 0.717) is 18.9 Å². The molecule has 86 valence electrons. The second-order valence-corrected chi connectivity index (χ2v) is 4.15. The third-order valence-electron chi connectivity index (χ3n) is 2.83. The molecule has 5 heteroatoms. The van der Waals surface area contributed by atoms with Crippen molar-refractivity contribution in [3.05, 3.63) is 24.3 Å². The molecule has 1 amide bonds. The minimum atomic E-state index is 0.160. The smallest absolute Gasteiger partial charge is 0.223 e. The van der Waals surface area contributed by atoms with Crippen molar-refractivity contribution < 1.29 is 4.79 Å². The topological polar surface area (TPSA) is 61.9 Å². The Morgan fingerprint density at radius 2 is 2.56 bits per heavy atom. The van der Waals surface area contributed by atoms with Crippen LogP contribution >= 0.6 is 0 Å². The van der Waals surface area contributed by atoms with Crippen LogP contribution in [0.25, 0.3) is 0 Å². The Labute approximate surface area is 94.6 Å². The number of nitrogens with one attached hydrogen (secondary N) is 1. The molecule has 1 N–H and O–H groups in total. The molecule has 0 bridgehead atoms. The molecule has 0 spiro atoms. The fourth-order valence-corrected chi connectivity index (χ4v) is 1.87. The number of H-pyrrole nitrogens is 1. The van der Waals surface area contributed by atoms with Crippen LogP contribution in [0.5, 0.6) is 0 Å². The molecule has 0 unspecified atom stereocenters. The number of allylic oxidation sites excluding steroid dienone is 2. The third kappa shape index (κ3) is 2.68. The second kappa shape index (κ2) is 4.92.